The van der Waals surface area contributed by atoms with Gasteiger partial charge in [-0.15, -0.1) is 6.42 Å². The van der Waals surface area contributed by atoms with Crippen molar-refractivity contribution in [2.45, 2.75) is 33.9 Å². The number of para-hydroxylation sites is 1. The number of amides is 1. The molecule has 8 nitrogen and oxygen atoms in total. The summed E-state index contributed by atoms with van der Waals surface area (Å²) in [5.41, 5.74) is 6.25. The Bertz CT molecular complexity index is 1260. The van der Waals surface area contributed by atoms with Crippen LogP contribution in [0.15, 0.2) is 41.0 Å². The van der Waals surface area contributed by atoms with Gasteiger partial charge in [0.2, 0.25) is 5.91 Å². The molecule has 1 amide bonds. The van der Waals surface area contributed by atoms with Crippen LogP contribution in [0, 0.1) is 26.2 Å². The first-order chi connectivity index (χ1) is 17.8. The number of carbonyl (C=O) groups excluding carboxylic acids is 1. The van der Waals surface area contributed by atoms with Gasteiger partial charge in [-0.3, -0.25) is 14.4 Å². The Labute approximate surface area is 220 Å². The summed E-state index contributed by atoms with van der Waals surface area (Å²) in [7, 11) is 3.98. The lowest BCUT2D eigenvalue weighted by Crippen LogP contribution is -2.50. The highest BCUT2D eigenvalue weighted by Crippen LogP contribution is 2.28. The van der Waals surface area contributed by atoms with E-state index in [0.717, 1.165) is 30.4 Å². The van der Waals surface area contributed by atoms with Crippen LogP contribution < -0.4 is 10.2 Å². The number of imidazole rings is 1. The minimum absolute atomic E-state index is 0.0663. The van der Waals surface area contributed by atoms with Crippen LogP contribution in [0.3, 0.4) is 0 Å². The van der Waals surface area contributed by atoms with Gasteiger partial charge in [-0.25, -0.2) is 4.98 Å². The molecular weight excluding hydrogens is 462 g/mol. The van der Waals surface area contributed by atoms with Gasteiger partial charge in [-0.1, -0.05) is 24.1 Å². The number of benzene rings is 1. The second kappa shape index (κ2) is 11.4. The number of nitrogens with one attached hydrogen (secondary N) is 1. The Morgan fingerprint density at radius 2 is 1.86 bits per heavy atom. The number of aryl methyl sites for hydroxylation is 2. The number of hydrogen-bond donors (Lipinski definition) is 1. The summed E-state index contributed by atoms with van der Waals surface area (Å²) in [6.07, 6.45) is 12.3. The van der Waals surface area contributed by atoms with E-state index < -0.39 is 0 Å². The smallest absolute Gasteiger partial charge is 0.242 e. The molecule has 1 N–H and O–H groups in total. The SMILES string of the molecule is C#C/C(=C\C=C(C)N(C)C)c1nc2n(c1NCC(=O)N1CCN(c3c(C)cccc3C)CC1)CN=CC2. The second-order valence-electron chi connectivity index (χ2n) is 9.75. The summed E-state index contributed by atoms with van der Waals surface area (Å²) < 4.78 is 2.01. The van der Waals surface area contributed by atoms with Gasteiger partial charge in [0, 0.05) is 64.3 Å². The maximum absolute atomic E-state index is 13.2. The number of piperazine rings is 1. The number of nitrogens with zero attached hydrogens (tertiary/aromatic N) is 6. The van der Waals surface area contributed by atoms with Crippen molar-refractivity contribution in [3.8, 4) is 12.3 Å². The highest BCUT2D eigenvalue weighted by molar-refractivity contribution is 5.86. The molecular formula is C29H37N7O. The van der Waals surface area contributed by atoms with Crippen molar-refractivity contribution < 1.29 is 4.79 Å². The maximum Gasteiger partial charge on any atom is 0.242 e. The maximum atomic E-state index is 13.2. The standard InChI is InChI=1S/C29H37N7O/c1-7-24(12-11-23(4)33(5)6)27-29(36-20-30-14-13-25(36)32-27)31-19-26(37)34-15-17-35(18-16-34)28-21(2)9-8-10-22(28)3/h1,8-12,14,31H,13,15-20H2,2-6H3/b23-11?,24-12+. The quantitative estimate of drug-likeness (QED) is 0.468. The first kappa shape index (κ1) is 26.1. The lowest BCUT2D eigenvalue weighted by Gasteiger charge is -2.37. The number of rotatable bonds is 7. The molecule has 2 aromatic rings. The van der Waals surface area contributed by atoms with Crippen molar-refractivity contribution in [1.82, 2.24) is 19.4 Å². The summed E-state index contributed by atoms with van der Waals surface area (Å²) in [6, 6.07) is 6.39. The predicted molar refractivity (Wildman–Crippen MR) is 152 cm³/mol. The van der Waals surface area contributed by atoms with Gasteiger partial charge in [-0.2, -0.15) is 0 Å². The molecule has 194 valence electrons. The van der Waals surface area contributed by atoms with Crippen LogP contribution in [-0.4, -0.2) is 78.3 Å². The predicted octanol–water partition coefficient (Wildman–Crippen LogP) is 3.33. The fourth-order valence-corrected chi connectivity index (χ4v) is 4.76. The van der Waals surface area contributed by atoms with Crippen molar-refractivity contribution in [3.63, 3.8) is 0 Å². The van der Waals surface area contributed by atoms with E-state index >= 15 is 0 Å². The number of anilines is 2. The van der Waals surface area contributed by atoms with Gasteiger partial charge in [-0.05, 0) is 44.1 Å². The Morgan fingerprint density at radius 3 is 2.51 bits per heavy atom. The molecule has 2 aliphatic rings. The number of terminal acetylenes is 1. The third-order valence-corrected chi connectivity index (χ3v) is 7.08. The van der Waals surface area contributed by atoms with Gasteiger partial charge >= 0.3 is 0 Å². The average Bonchev–Trinajstić information content (AvgIpc) is 3.26. The van der Waals surface area contributed by atoms with E-state index in [1.807, 2.05) is 53.8 Å². The molecule has 1 fully saturated rings. The molecule has 0 unspecified atom stereocenters. The Hall–Kier alpha value is -3.99. The Balaban J connectivity index is 1.47. The van der Waals surface area contributed by atoms with Gasteiger partial charge in [0.25, 0.3) is 0 Å². The number of aliphatic imine (C=N–C) groups is 1. The van der Waals surface area contributed by atoms with Crippen LogP contribution in [-0.2, 0) is 17.9 Å². The third-order valence-electron chi connectivity index (χ3n) is 7.08. The van der Waals surface area contributed by atoms with Crippen LogP contribution in [0.5, 0.6) is 0 Å². The van der Waals surface area contributed by atoms with Gasteiger partial charge in [0.1, 0.15) is 24.0 Å². The number of fused-ring (bicyclic) bond motifs is 1. The van der Waals surface area contributed by atoms with Crippen LogP contribution >= 0.6 is 0 Å². The summed E-state index contributed by atoms with van der Waals surface area (Å²) in [5, 5.41) is 3.36. The molecule has 0 radical (unpaired) electrons. The van der Waals surface area contributed by atoms with Crippen LogP contribution in [0.25, 0.3) is 5.57 Å². The zero-order valence-corrected chi connectivity index (χ0v) is 22.6. The molecule has 0 spiro atoms. The number of carbonyl (C=O) groups is 1. The molecule has 1 aromatic heterocycles. The van der Waals surface area contributed by atoms with Crippen molar-refractivity contribution in [3.05, 3.63) is 58.7 Å². The first-order valence-electron chi connectivity index (χ1n) is 12.7. The molecule has 37 heavy (non-hydrogen) atoms. The van der Waals surface area contributed by atoms with E-state index in [4.69, 9.17) is 11.4 Å². The topological polar surface area (TPSA) is 69.0 Å². The normalized spacial score (nSPS) is 15.9. The molecule has 0 atom stereocenters. The zero-order valence-electron chi connectivity index (χ0n) is 22.6. The largest absolute Gasteiger partial charge is 0.381 e. The second-order valence-corrected chi connectivity index (χ2v) is 9.75. The summed E-state index contributed by atoms with van der Waals surface area (Å²) in [5.74, 6) is 4.48. The van der Waals surface area contributed by atoms with Crippen molar-refractivity contribution in [2.24, 2.45) is 4.99 Å². The third kappa shape index (κ3) is 5.72. The molecule has 1 saturated heterocycles. The number of hydrogen-bond acceptors (Lipinski definition) is 6. The Kier molecular flexibility index (Phi) is 8.02. The molecule has 0 aliphatic carbocycles. The van der Waals surface area contributed by atoms with E-state index in [9.17, 15) is 4.79 Å². The van der Waals surface area contributed by atoms with E-state index in [1.165, 1.54) is 16.8 Å². The van der Waals surface area contributed by atoms with Gasteiger partial charge in [0.15, 0.2) is 0 Å². The van der Waals surface area contributed by atoms with Crippen LogP contribution in [0.4, 0.5) is 11.5 Å². The number of aromatic nitrogens is 2. The summed E-state index contributed by atoms with van der Waals surface area (Å²) >= 11 is 0. The molecule has 0 bridgehead atoms. The Morgan fingerprint density at radius 1 is 1.16 bits per heavy atom. The van der Waals surface area contributed by atoms with E-state index in [0.29, 0.717) is 37.4 Å². The molecule has 8 heteroatoms. The van der Waals surface area contributed by atoms with E-state index in [1.54, 1.807) is 0 Å². The molecule has 2 aliphatic heterocycles. The monoisotopic (exact) mass is 499 g/mol. The zero-order chi connectivity index (χ0) is 26.5. The number of allylic oxidation sites excluding steroid dienone is 4. The molecule has 1 aromatic carbocycles. The highest BCUT2D eigenvalue weighted by Gasteiger charge is 2.25. The minimum atomic E-state index is 0.0663. The average molecular weight is 500 g/mol. The van der Waals surface area contributed by atoms with Gasteiger partial charge < -0.3 is 20.0 Å². The minimum Gasteiger partial charge on any atom is -0.381 e. The lowest BCUT2D eigenvalue weighted by atomic mass is 10.1. The van der Waals surface area contributed by atoms with Gasteiger partial charge in [0.05, 0.1) is 12.1 Å². The summed E-state index contributed by atoms with van der Waals surface area (Å²) in [4.78, 5) is 28.8. The summed E-state index contributed by atoms with van der Waals surface area (Å²) in [6.45, 7) is 9.98. The lowest BCUT2D eigenvalue weighted by molar-refractivity contribution is -0.129. The van der Waals surface area contributed by atoms with E-state index in [-0.39, 0.29) is 12.5 Å². The van der Waals surface area contributed by atoms with Crippen LogP contribution in [0.1, 0.15) is 29.6 Å². The molecule has 3 heterocycles. The highest BCUT2D eigenvalue weighted by atomic mass is 16.2. The molecule has 0 saturated carbocycles. The van der Waals surface area contributed by atoms with Crippen molar-refractivity contribution in [1.29, 1.82) is 0 Å². The van der Waals surface area contributed by atoms with Crippen LogP contribution in [0.2, 0.25) is 0 Å². The first-order valence-corrected chi connectivity index (χ1v) is 12.7. The fourth-order valence-electron chi connectivity index (χ4n) is 4.76. The van der Waals surface area contributed by atoms with E-state index in [2.05, 4.69) is 53.2 Å². The fraction of sp³-hybridized carbons (Fsp3) is 0.414. The van der Waals surface area contributed by atoms with Crippen molar-refractivity contribution in [2.75, 3.05) is 57.0 Å². The molecule has 4 rings (SSSR count). The van der Waals surface area contributed by atoms with Crippen molar-refractivity contribution >= 4 is 29.2 Å².